The molecule has 7 nitrogen and oxygen atoms in total. The molecule has 0 aliphatic rings. The fraction of sp³-hybridized carbons (Fsp3) is 0.125. The molecule has 0 saturated heterocycles. The number of nitro groups is 1. The van der Waals surface area contributed by atoms with Gasteiger partial charge in [-0.1, -0.05) is 18.5 Å². The number of carbonyl (C=O) groups is 1. The number of imidazole rings is 1. The Morgan fingerprint density at radius 2 is 2.16 bits per heavy atom. The maximum absolute atomic E-state index is 13.5. The third-order valence-electron chi connectivity index (χ3n) is 3.62. The van der Waals surface area contributed by atoms with Crippen molar-refractivity contribution in [1.82, 2.24) is 9.38 Å². The van der Waals surface area contributed by atoms with Crippen molar-refractivity contribution in [3.8, 4) is 0 Å². The highest BCUT2D eigenvalue weighted by atomic mass is 35.5. The van der Waals surface area contributed by atoms with Crippen molar-refractivity contribution in [2.45, 2.75) is 13.3 Å². The normalized spacial score (nSPS) is 10.8. The van der Waals surface area contributed by atoms with Gasteiger partial charge in [0.15, 0.2) is 0 Å². The minimum absolute atomic E-state index is 0.0283. The summed E-state index contributed by atoms with van der Waals surface area (Å²) in [6.45, 7) is 1.83. The molecule has 1 amide bonds. The van der Waals surface area contributed by atoms with Gasteiger partial charge in [-0.2, -0.15) is 0 Å². The molecule has 0 bridgehead atoms. The van der Waals surface area contributed by atoms with Crippen LogP contribution < -0.4 is 5.32 Å². The second-order valence-electron chi connectivity index (χ2n) is 5.21. The largest absolute Gasteiger partial charge is 0.319 e. The maximum Gasteiger partial charge on any atom is 0.274 e. The van der Waals surface area contributed by atoms with Crippen LogP contribution in [-0.4, -0.2) is 20.2 Å². The summed E-state index contributed by atoms with van der Waals surface area (Å²) in [4.78, 5) is 27.1. The number of halogens is 2. The number of pyridine rings is 1. The van der Waals surface area contributed by atoms with Gasteiger partial charge in [-0.15, -0.1) is 0 Å². The summed E-state index contributed by atoms with van der Waals surface area (Å²) < 4.78 is 14.9. The van der Waals surface area contributed by atoms with Gasteiger partial charge in [0.05, 0.1) is 21.3 Å². The molecule has 0 aliphatic carbocycles. The molecule has 2 aromatic heterocycles. The van der Waals surface area contributed by atoms with E-state index in [0.717, 1.165) is 6.07 Å². The van der Waals surface area contributed by atoms with Crippen LogP contribution >= 0.6 is 11.6 Å². The quantitative estimate of drug-likeness (QED) is 0.564. The van der Waals surface area contributed by atoms with Crippen LogP contribution in [0.1, 0.15) is 23.1 Å². The molecular weight excluding hydrogens is 351 g/mol. The van der Waals surface area contributed by atoms with Crippen molar-refractivity contribution in [1.29, 1.82) is 0 Å². The summed E-state index contributed by atoms with van der Waals surface area (Å²) >= 11 is 5.99. The lowest BCUT2D eigenvalue weighted by molar-refractivity contribution is -0.384. The van der Waals surface area contributed by atoms with Crippen LogP contribution in [0, 0.1) is 15.9 Å². The standard InChI is InChI=1S/C16H12ClFN4O3/c1-2-12-15(21-8-9(18)3-6-14(21)19-12)16(23)20-13-5-4-10(22(24)25)7-11(13)17/h3-8H,2H2,1H3,(H,20,23). The summed E-state index contributed by atoms with van der Waals surface area (Å²) in [5.41, 5.74) is 1.16. The molecule has 0 fully saturated rings. The lowest BCUT2D eigenvalue weighted by Crippen LogP contribution is -2.16. The number of non-ortho nitro benzene ring substituents is 1. The number of aryl methyl sites for hydroxylation is 1. The van der Waals surface area contributed by atoms with Gasteiger partial charge in [0, 0.05) is 18.3 Å². The third kappa shape index (κ3) is 3.16. The summed E-state index contributed by atoms with van der Waals surface area (Å²) in [6, 6.07) is 6.46. The smallest absolute Gasteiger partial charge is 0.274 e. The molecule has 3 aromatic rings. The molecule has 1 N–H and O–H groups in total. The molecular formula is C16H12ClFN4O3. The third-order valence-corrected chi connectivity index (χ3v) is 3.93. The van der Waals surface area contributed by atoms with Crippen molar-refractivity contribution in [2.24, 2.45) is 0 Å². The van der Waals surface area contributed by atoms with E-state index in [2.05, 4.69) is 10.3 Å². The average molecular weight is 363 g/mol. The number of fused-ring (bicyclic) bond motifs is 1. The Hall–Kier alpha value is -3.00. The number of nitrogens with zero attached hydrogens (tertiary/aromatic N) is 3. The molecule has 128 valence electrons. The Balaban J connectivity index is 2.00. The van der Waals surface area contributed by atoms with Gasteiger partial charge in [0.1, 0.15) is 17.2 Å². The Morgan fingerprint density at radius 1 is 1.40 bits per heavy atom. The highest BCUT2D eigenvalue weighted by molar-refractivity contribution is 6.34. The summed E-state index contributed by atoms with van der Waals surface area (Å²) in [5.74, 6) is -1.04. The second kappa shape index (κ2) is 6.48. The minimum atomic E-state index is -0.583. The molecule has 0 radical (unpaired) electrons. The van der Waals surface area contributed by atoms with Gasteiger partial charge >= 0.3 is 0 Å². The molecule has 3 rings (SSSR count). The van der Waals surface area contributed by atoms with E-state index in [1.165, 1.54) is 34.9 Å². The number of carbonyl (C=O) groups excluding carboxylic acids is 1. The van der Waals surface area contributed by atoms with E-state index < -0.39 is 16.6 Å². The zero-order valence-corrected chi connectivity index (χ0v) is 13.7. The molecule has 0 aliphatic heterocycles. The number of nitro benzene ring substituents is 1. The summed E-state index contributed by atoms with van der Waals surface area (Å²) in [6.07, 6.45) is 1.65. The predicted molar refractivity (Wildman–Crippen MR) is 90.6 cm³/mol. The minimum Gasteiger partial charge on any atom is -0.319 e. The van der Waals surface area contributed by atoms with Crippen LogP contribution in [-0.2, 0) is 6.42 Å². The topological polar surface area (TPSA) is 89.5 Å². The number of hydrogen-bond acceptors (Lipinski definition) is 4. The fourth-order valence-electron chi connectivity index (χ4n) is 2.45. The molecule has 0 atom stereocenters. The Morgan fingerprint density at radius 3 is 2.80 bits per heavy atom. The number of benzene rings is 1. The van der Waals surface area contributed by atoms with Crippen LogP contribution in [0.2, 0.25) is 5.02 Å². The van der Waals surface area contributed by atoms with Gasteiger partial charge in [0.2, 0.25) is 0 Å². The number of rotatable bonds is 4. The van der Waals surface area contributed by atoms with Crippen LogP contribution in [0.25, 0.3) is 5.65 Å². The van der Waals surface area contributed by atoms with E-state index in [0.29, 0.717) is 17.8 Å². The molecule has 0 unspecified atom stereocenters. The monoisotopic (exact) mass is 362 g/mol. The zero-order valence-electron chi connectivity index (χ0n) is 13.0. The first-order valence-corrected chi connectivity index (χ1v) is 7.70. The number of nitrogens with one attached hydrogen (secondary N) is 1. The van der Waals surface area contributed by atoms with E-state index in [1.807, 2.05) is 6.92 Å². The van der Waals surface area contributed by atoms with Crippen LogP contribution in [0.3, 0.4) is 0 Å². The van der Waals surface area contributed by atoms with E-state index in [4.69, 9.17) is 11.6 Å². The predicted octanol–water partition coefficient (Wildman–Crippen LogP) is 3.85. The first-order chi connectivity index (χ1) is 11.9. The van der Waals surface area contributed by atoms with Crippen LogP contribution in [0.4, 0.5) is 15.8 Å². The van der Waals surface area contributed by atoms with E-state index >= 15 is 0 Å². The van der Waals surface area contributed by atoms with Gasteiger partial charge in [-0.25, -0.2) is 9.37 Å². The van der Waals surface area contributed by atoms with Gasteiger partial charge in [-0.3, -0.25) is 19.3 Å². The SMILES string of the molecule is CCc1nc2ccc(F)cn2c1C(=O)Nc1ccc([N+](=O)[O-])cc1Cl. The number of hydrogen-bond donors (Lipinski definition) is 1. The van der Waals surface area contributed by atoms with Crippen molar-refractivity contribution in [2.75, 3.05) is 5.32 Å². The highest BCUT2D eigenvalue weighted by Crippen LogP contribution is 2.27. The summed E-state index contributed by atoms with van der Waals surface area (Å²) in [7, 11) is 0. The lowest BCUT2D eigenvalue weighted by Gasteiger charge is -2.08. The Bertz CT molecular complexity index is 1000. The van der Waals surface area contributed by atoms with Crippen molar-refractivity contribution in [3.63, 3.8) is 0 Å². The first-order valence-electron chi connectivity index (χ1n) is 7.32. The average Bonchev–Trinajstić information content (AvgIpc) is 2.94. The van der Waals surface area contributed by atoms with Crippen LogP contribution in [0.15, 0.2) is 36.5 Å². The second-order valence-corrected chi connectivity index (χ2v) is 5.62. The maximum atomic E-state index is 13.5. The zero-order chi connectivity index (χ0) is 18.1. The molecule has 2 heterocycles. The Labute approximate surface area is 146 Å². The van der Waals surface area contributed by atoms with E-state index in [9.17, 15) is 19.3 Å². The molecule has 9 heteroatoms. The van der Waals surface area contributed by atoms with Crippen molar-refractivity contribution >= 4 is 34.5 Å². The van der Waals surface area contributed by atoms with E-state index in [1.54, 1.807) is 0 Å². The van der Waals surface area contributed by atoms with Crippen molar-refractivity contribution in [3.05, 3.63) is 68.9 Å². The Kier molecular flexibility index (Phi) is 4.37. The number of amides is 1. The van der Waals surface area contributed by atoms with Gasteiger partial charge in [-0.05, 0) is 24.6 Å². The number of anilines is 1. The molecule has 1 aromatic carbocycles. The molecule has 0 spiro atoms. The fourth-order valence-corrected chi connectivity index (χ4v) is 2.68. The van der Waals surface area contributed by atoms with Crippen LogP contribution in [0.5, 0.6) is 0 Å². The molecule has 0 saturated carbocycles. The highest BCUT2D eigenvalue weighted by Gasteiger charge is 2.20. The lowest BCUT2D eigenvalue weighted by atomic mass is 10.2. The van der Waals surface area contributed by atoms with Gasteiger partial charge in [0.25, 0.3) is 11.6 Å². The summed E-state index contributed by atoms with van der Waals surface area (Å²) in [5, 5.41) is 13.4. The van der Waals surface area contributed by atoms with Crippen molar-refractivity contribution < 1.29 is 14.1 Å². The van der Waals surface area contributed by atoms with E-state index in [-0.39, 0.29) is 22.1 Å². The first kappa shape index (κ1) is 16.8. The molecule has 25 heavy (non-hydrogen) atoms. The number of aromatic nitrogens is 2. The van der Waals surface area contributed by atoms with Gasteiger partial charge < -0.3 is 5.32 Å².